The van der Waals surface area contributed by atoms with Gasteiger partial charge >= 0.3 is 0 Å². The molecule has 4 heteroatoms. The smallest absolute Gasteiger partial charge is 0.0607 e. The number of aryl methyl sites for hydroxylation is 1. The molecule has 2 aromatic rings. The fraction of sp³-hybridized carbons (Fsp3) is 0.478. The standard InChI is InChI=1S/C23H30N4/c1-2-3-4-14-27(22-11-5-8-18-9-6-13-25-23(18)22)17-20-15-21-19(16-26-20)10-7-12-24-21/h3-4,6-7,9-10,12-13,20,22,26H,2,5,8,11,14-17H2,1H3/b4-3+/t20-,22+/m1/s1. The minimum atomic E-state index is 0.420. The summed E-state index contributed by atoms with van der Waals surface area (Å²) in [7, 11) is 0. The van der Waals surface area contributed by atoms with Gasteiger partial charge in [0.15, 0.2) is 0 Å². The minimum Gasteiger partial charge on any atom is -0.308 e. The van der Waals surface area contributed by atoms with Crippen LogP contribution in [-0.4, -0.2) is 34.0 Å². The van der Waals surface area contributed by atoms with Crippen LogP contribution in [0.15, 0.2) is 48.8 Å². The summed E-state index contributed by atoms with van der Waals surface area (Å²) in [6.07, 6.45) is 14.2. The molecule has 0 amide bonds. The highest BCUT2D eigenvalue weighted by molar-refractivity contribution is 5.26. The maximum Gasteiger partial charge on any atom is 0.0607 e. The van der Waals surface area contributed by atoms with Gasteiger partial charge in [-0.15, -0.1) is 0 Å². The Morgan fingerprint density at radius 2 is 2.00 bits per heavy atom. The van der Waals surface area contributed by atoms with Crippen molar-refractivity contribution in [3.63, 3.8) is 0 Å². The Morgan fingerprint density at radius 3 is 2.89 bits per heavy atom. The average molecular weight is 363 g/mol. The quantitative estimate of drug-likeness (QED) is 0.793. The van der Waals surface area contributed by atoms with Crippen molar-refractivity contribution in [3.05, 3.63) is 71.3 Å². The minimum absolute atomic E-state index is 0.420. The molecule has 1 N–H and O–H groups in total. The number of nitrogens with one attached hydrogen (secondary N) is 1. The van der Waals surface area contributed by atoms with Crippen LogP contribution < -0.4 is 5.32 Å². The molecule has 0 radical (unpaired) electrons. The molecule has 0 bridgehead atoms. The second kappa shape index (κ2) is 8.77. The highest BCUT2D eigenvalue weighted by atomic mass is 15.2. The van der Waals surface area contributed by atoms with E-state index in [-0.39, 0.29) is 0 Å². The molecule has 4 rings (SSSR count). The van der Waals surface area contributed by atoms with E-state index in [4.69, 9.17) is 4.98 Å². The number of hydrogen-bond donors (Lipinski definition) is 1. The van der Waals surface area contributed by atoms with Crippen molar-refractivity contribution in [3.8, 4) is 0 Å². The number of fused-ring (bicyclic) bond motifs is 2. The lowest BCUT2D eigenvalue weighted by atomic mass is 9.90. The second-order valence-corrected chi connectivity index (χ2v) is 7.68. The van der Waals surface area contributed by atoms with Gasteiger partial charge in [0.25, 0.3) is 0 Å². The van der Waals surface area contributed by atoms with Gasteiger partial charge in [-0.2, -0.15) is 0 Å². The summed E-state index contributed by atoms with van der Waals surface area (Å²) >= 11 is 0. The molecule has 1 aliphatic carbocycles. The lowest BCUT2D eigenvalue weighted by Crippen LogP contribution is -2.46. The summed E-state index contributed by atoms with van der Waals surface area (Å²) in [5.41, 5.74) is 5.33. The predicted octanol–water partition coefficient (Wildman–Crippen LogP) is 3.84. The Kier molecular flexibility index (Phi) is 5.95. The predicted molar refractivity (Wildman–Crippen MR) is 109 cm³/mol. The monoisotopic (exact) mass is 362 g/mol. The van der Waals surface area contributed by atoms with Gasteiger partial charge in [0.05, 0.1) is 11.7 Å². The van der Waals surface area contributed by atoms with Crippen molar-refractivity contribution in [2.45, 2.75) is 57.7 Å². The van der Waals surface area contributed by atoms with E-state index in [0.29, 0.717) is 12.1 Å². The van der Waals surface area contributed by atoms with Crippen molar-refractivity contribution >= 4 is 0 Å². The van der Waals surface area contributed by atoms with Crippen molar-refractivity contribution in [2.24, 2.45) is 0 Å². The lowest BCUT2D eigenvalue weighted by Gasteiger charge is -2.37. The van der Waals surface area contributed by atoms with Gasteiger partial charge in [-0.3, -0.25) is 14.9 Å². The molecular formula is C23H30N4. The zero-order valence-electron chi connectivity index (χ0n) is 16.3. The second-order valence-electron chi connectivity index (χ2n) is 7.68. The zero-order valence-corrected chi connectivity index (χ0v) is 16.3. The van der Waals surface area contributed by atoms with E-state index < -0.39 is 0 Å². The van der Waals surface area contributed by atoms with Crippen LogP contribution in [-0.2, 0) is 19.4 Å². The Balaban J connectivity index is 1.53. The first kappa shape index (κ1) is 18.3. The van der Waals surface area contributed by atoms with E-state index in [1.165, 1.54) is 35.4 Å². The van der Waals surface area contributed by atoms with Gasteiger partial charge in [-0.05, 0) is 48.9 Å². The molecule has 2 atom stereocenters. The molecule has 0 fully saturated rings. The van der Waals surface area contributed by atoms with Crippen LogP contribution in [0.4, 0.5) is 0 Å². The Morgan fingerprint density at radius 1 is 1.15 bits per heavy atom. The van der Waals surface area contributed by atoms with Gasteiger partial charge in [-0.25, -0.2) is 0 Å². The molecular weight excluding hydrogens is 332 g/mol. The lowest BCUT2D eigenvalue weighted by molar-refractivity contribution is 0.170. The first-order valence-corrected chi connectivity index (χ1v) is 10.3. The molecule has 0 spiro atoms. The fourth-order valence-electron chi connectivity index (χ4n) is 4.43. The number of allylic oxidation sites excluding steroid dienone is 1. The molecule has 1 aliphatic heterocycles. The Hall–Kier alpha value is -2.04. The van der Waals surface area contributed by atoms with E-state index in [1.807, 2.05) is 18.5 Å². The van der Waals surface area contributed by atoms with Crippen molar-refractivity contribution in [1.82, 2.24) is 20.2 Å². The largest absolute Gasteiger partial charge is 0.308 e. The fourth-order valence-corrected chi connectivity index (χ4v) is 4.43. The van der Waals surface area contributed by atoms with Crippen LogP contribution in [0.25, 0.3) is 0 Å². The maximum atomic E-state index is 4.78. The van der Waals surface area contributed by atoms with Crippen LogP contribution in [0.2, 0.25) is 0 Å². The highest BCUT2D eigenvalue weighted by Crippen LogP contribution is 2.33. The molecule has 4 nitrogen and oxygen atoms in total. The highest BCUT2D eigenvalue weighted by Gasteiger charge is 2.29. The van der Waals surface area contributed by atoms with Crippen molar-refractivity contribution in [2.75, 3.05) is 13.1 Å². The summed E-state index contributed by atoms with van der Waals surface area (Å²) in [4.78, 5) is 12.0. The maximum absolute atomic E-state index is 4.78. The van der Waals surface area contributed by atoms with Crippen LogP contribution in [0.3, 0.4) is 0 Å². The van der Waals surface area contributed by atoms with E-state index in [0.717, 1.165) is 38.9 Å². The SMILES string of the molecule is CC/C=C/CN(C[C@H]1Cc2ncccc2CN1)[C@H]1CCCc2cccnc21. The molecule has 0 saturated heterocycles. The van der Waals surface area contributed by atoms with Crippen molar-refractivity contribution in [1.29, 1.82) is 0 Å². The van der Waals surface area contributed by atoms with Gasteiger partial charge in [0.2, 0.25) is 0 Å². The van der Waals surface area contributed by atoms with Gasteiger partial charge in [-0.1, -0.05) is 31.2 Å². The van der Waals surface area contributed by atoms with Crippen LogP contribution in [0.5, 0.6) is 0 Å². The molecule has 27 heavy (non-hydrogen) atoms. The summed E-state index contributed by atoms with van der Waals surface area (Å²) in [5.74, 6) is 0. The van der Waals surface area contributed by atoms with Gasteiger partial charge < -0.3 is 5.32 Å². The number of rotatable bonds is 6. The topological polar surface area (TPSA) is 41.1 Å². The average Bonchev–Trinajstić information content (AvgIpc) is 2.73. The molecule has 2 aromatic heterocycles. The molecule has 0 saturated carbocycles. The number of pyridine rings is 2. The molecule has 0 unspecified atom stereocenters. The Bertz CT molecular complexity index is 785. The summed E-state index contributed by atoms with van der Waals surface area (Å²) in [5, 5.41) is 3.73. The molecule has 3 heterocycles. The van der Waals surface area contributed by atoms with E-state index >= 15 is 0 Å². The normalized spacial score (nSPS) is 22.0. The summed E-state index contributed by atoms with van der Waals surface area (Å²) < 4.78 is 0. The van der Waals surface area contributed by atoms with Crippen LogP contribution >= 0.6 is 0 Å². The summed E-state index contributed by atoms with van der Waals surface area (Å²) in [6, 6.07) is 9.42. The third-order valence-corrected chi connectivity index (χ3v) is 5.81. The first-order valence-electron chi connectivity index (χ1n) is 10.3. The number of hydrogen-bond acceptors (Lipinski definition) is 4. The van der Waals surface area contributed by atoms with Gasteiger partial charge in [0, 0.05) is 50.2 Å². The molecule has 2 aliphatic rings. The summed E-state index contributed by atoms with van der Waals surface area (Å²) in [6.45, 7) is 5.14. The van der Waals surface area contributed by atoms with Crippen LogP contribution in [0.1, 0.15) is 54.7 Å². The van der Waals surface area contributed by atoms with E-state index in [2.05, 4.69) is 52.5 Å². The van der Waals surface area contributed by atoms with Gasteiger partial charge in [0.1, 0.15) is 0 Å². The Labute approximate surface area is 162 Å². The third kappa shape index (κ3) is 4.28. The number of aromatic nitrogens is 2. The first-order chi connectivity index (χ1) is 13.3. The van der Waals surface area contributed by atoms with Crippen molar-refractivity contribution < 1.29 is 0 Å². The van der Waals surface area contributed by atoms with Crippen LogP contribution in [0, 0.1) is 0 Å². The molecule has 142 valence electrons. The van der Waals surface area contributed by atoms with E-state index in [1.54, 1.807) is 0 Å². The number of nitrogens with zero attached hydrogens (tertiary/aromatic N) is 3. The zero-order chi connectivity index (χ0) is 18.5. The third-order valence-electron chi connectivity index (χ3n) is 5.81. The molecule has 0 aromatic carbocycles. The van der Waals surface area contributed by atoms with E-state index in [9.17, 15) is 0 Å².